The third kappa shape index (κ3) is 3.51. The van der Waals surface area contributed by atoms with E-state index < -0.39 is 0 Å². The Bertz CT molecular complexity index is 430. The SMILES string of the molecule is CC(C)C(CCCl)NC(=O)C1CCCc2sccc21. The van der Waals surface area contributed by atoms with Gasteiger partial charge in [0.15, 0.2) is 0 Å². The van der Waals surface area contributed by atoms with Gasteiger partial charge in [0.25, 0.3) is 0 Å². The molecule has 4 heteroatoms. The van der Waals surface area contributed by atoms with Crippen LogP contribution >= 0.6 is 22.9 Å². The van der Waals surface area contributed by atoms with Crippen LogP contribution < -0.4 is 5.32 Å². The molecule has 1 aromatic heterocycles. The lowest BCUT2D eigenvalue weighted by molar-refractivity contribution is -0.123. The molecule has 0 radical (unpaired) electrons. The van der Waals surface area contributed by atoms with Crippen LogP contribution in [0.15, 0.2) is 11.4 Å². The van der Waals surface area contributed by atoms with Crippen LogP contribution in [0.5, 0.6) is 0 Å². The molecule has 0 saturated heterocycles. The Morgan fingerprint density at radius 1 is 1.58 bits per heavy atom. The van der Waals surface area contributed by atoms with E-state index in [-0.39, 0.29) is 17.9 Å². The molecule has 1 amide bonds. The van der Waals surface area contributed by atoms with Crippen LogP contribution in [0.1, 0.15) is 49.5 Å². The maximum Gasteiger partial charge on any atom is 0.227 e. The number of aryl methyl sites for hydroxylation is 1. The van der Waals surface area contributed by atoms with Crippen molar-refractivity contribution in [2.24, 2.45) is 5.92 Å². The number of fused-ring (bicyclic) bond motifs is 1. The molecule has 1 heterocycles. The first-order valence-electron chi connectivity index (χ1n) is 7.06. The molecule has 1 N–H and O–H groups in total. The summed E-state index contributed by atoms with van der Waals surface area (Å²) in [6, 6.07) is 2.31. The molecular formula is C15H22ClNOS. The molecule has 2 rings (SSSR count). The fourth-order valence-corrected chi connectivity index (χ4v) is 3.95. The Morgan fingerprint density at radius 3 is 3.05 bits per heavy atom. The van der Waals surface area contributed by atoms with Gasteiger partial charge >= 0.3 is 0 Å². The van der Waals surface area contributed by atoms with Gasteiger partial charge in [0, 0.05) is 16.8 Å². The van der Waals surface area contributed by atoms with Gasteiger partial charge in [-0.1, -0.05) is 13.8 Å². The lowest BCUT2D eigenvalue weighted by Crippen LogP contribution is -2.42. The number of nitrogens with one attached hydrogen (secondary N) is 1. The van der Waals surface area contributed by atoms with Gasteiger partial charge in [-0.3, -0.25) is 4.79 Å². The number of carbonyl (C=O) groups excluding carboxylic acids is 1. The molecule has 1 aromatic rings. The third-order valence-electron chi connectivity index (χ3n) is 3.92. The number of amides is 1. The van der Waals surface area contributed by atoms with Crippen LogP contribution in [-0.2, 0) is 11.2 Å². The molecule has 106 valence electrons. The summed E-state index contributed by atoms with van der Waals surface area (Å²) >= 11 is 7.60. The predicted octanol–water partition coefficient (Wildman–Crippen LogP) is 3.94. The molecule has 0 fully saturated rings. The summed E-state index contributed by atoms with van der Waals surface area (Å²) < 4.78 is 0. The number of hydrogen-bond acceptors (Lipinski definition) is 2. The number of halogens is 1. The first kappa shape index (κ1) is 14.9. The molecule has 0 spiro atoms. The molecule has 0 aliphatic heterocycles. The summed E-state index contributed by atoms with van der Waals surface area (Å²) in [6.45, 7) is 4.27. The fraction of sp³-hybridized carbons (Fsp3) is 0.667. The van der Waals surface area contributed by atoms with Crippen LogP contribution in [-0.4, -0.2) is 17.8 Å². The van der Waals surface area contributed by atoms with E-state index in [9.17, 15) is 4.79 Å². The zero-order valence-electron chi connectivity index (χ0n) is 11.6. The summed E-state index contributed by atoms with van der Waals surface area (Å²) in [5.41, 5.74) is 1.25. The molecule has 0 saturated carbocycles. The average Bonchev–Trinajstić information content (AvgIpc) is 2.85. The van der Waals surface area contributed by atoms with Crippen molar-refractivity contribution in [2.45, 2.75) is 51.5 Å². The molecule has 2 atom stereocenters. The minimum Gasteiger partial charge on any atom is -0.353 e. The molecule has 0 aromatic carbocycles. The van der Waals surface area contributed by atoms with Gasteiger partial charge in [-0.05, 0) is 48.6 Å². The standard InChI is InChI=1S/C15H22ClNOS/c1-10(2)13(6-8-16)17-15(18)12-4-3-5-14-11(12)7-9-19-14/h7,9-10,12-13H,3-6,8H2,1-2H3,(H,17,18). The Balaban J connectivity index is 2.05. The van der Waals surface area contributed by atoms with Crippen molar-refractivity contribution in [1.82, 2.24) is 5.32 Å². The second kappa shape index (κ2) is 6.76. The monoisotopic (exact) mass is 299 g/mol. The predicted molar refractivity (Wildman–Crippen MR) is 82.1 cm³/mol. The maximum atomic E-state index is 12.5. The molecule has 1 aliphatic rings. The lowest BCUT2D eigenvalue weighted by atomic mass is 9.86. The zero-order valence-corrected chi connectivity index (χ0v) is 13.2. The van der Waals surface area contributed by atoms with Gasteiger partial charge in [0.1, 0.15) is 0 Å². The molecule has 19 heavy (non-hydrogen) atoms. The first-order chi connectivity index (χ1) is 9.13. The lowest BCUT2D eigenvalue weighted by Gasteiger charge is -2.27. The van der Waals surface area contributed by atoms with Crippen LogP contribution in [0.2, 0.25) is 0 Å². The Labute approximate surface area is 124 Å². The van der Waals surface area contributed by atoms with E-state index in [1.165, 1.54) is 10.4 Å². The first-order valence-corrected chi connectivity index (χ1v) is 8.47. The zero-order chi connectivity index (χ0) is 13.8. The normalized spacial score (nSPS) is 20.1. The van der Waals surface area contributed by atoms with Gasteiger partial charge in [-0.2, -0.15) is 0 Å². The van der Waals surface area contributed by atoms with Crippen molar-refractivity contribution in [3.8, 4) is 0 Å². The van der Waals surface area contributed by atoms with Gasteiger partial charge < -0.3 is 5.32 Å². The number of thiophene rings is 1. The van der Waals surface area contributed by atoms with Crippen molar-refractivity contribution < 1.29 is 4.79 Å². The maximum absolute atomic E-state index is 12.5. The smallest absolute Gasteiger partial charge is 0.227 e. The molecule has 1 aliphatic carbocycles. The average molecular weight is 300 g/mol. The van der Waals surface area contributed by atoms with Crippen molar-refractivity contribution in [1.29, 1.82) is 0 Å². The third-order valence-corrected chi connectivity index (χ3v) is 5.14. The van der Waals surface area contributed by atoms with Gasteiger partial charge in [0.05, 0.1) is 5.92 Å². The quantitative estimate of drug-likeness (QED) is 0.820. The van der Waals surface area contributed by atoms with Gasteiger partial charge in [0.2, 0.25) is 5.91 Å². The van der Waals surface area contributed by atoms with Crippen LogP contribution in [0, 0.1) is 5.92 Å². The highest BCUT2D eigenvalue weighted by Crippen LogP contribution is 2.35. The van der Waals surface area contributed by atoms with Crippen LogP contribution in [0.4, 0.5) is 0 Å². The van der Waals surface area contributed by atoms with Gasteiger partial charge in [-0.15, -0.1) is 22.9 Å². The van der Waals surface area contributed by atoms with E-state index in [1.54, 1.807) is 11.3 Å². The van der Waals surface area contributed by atoms with Crippen LogP contribution in [0.3, 0.4) is 0 Å². The summed E-state index contributed by atoms with van der Waals surface area (Å²) in [7, 11) is 0. The molecule has 0 bridgehead atoms. The molecule has 2 nitrogen and oxygen atoms in total. The van der Waals surface area contributed by atoms with Crippen LogP contribution in [0.25, 0.3) is 0 Å². The van der Waals surface area contributed by atoms with E-state index in [4.69, 9.17) is 11.6 Å². The number of alkyl halides is 1. The summed E-state index contributed by atoms with van der Waals surface area (Å²) in [6.07, 6.45) is 4.06. The minimum atomic E-state index is 0.0478. The van der Waals surface area contributed by atoms with E-state index in [1.807, 2.05) is 0 Å². The number of carbonyl (C=O) groups is 1. The topological polar surface area (TPSA) is 29.1 Å². The highest BCUT2D eigenvalue weighted by Gasteiger charge is 2.29. The van der Waals surface area contributed by atoms with Crippen molar-refractivity contribution >= 4 is 28.8 Å². The van der Waals surface area contributed by atoms with Gasteiger partial charge in [-0.25, -0.2) is 0 Å². The summed E-state index contributed by atoms with van der Waals surface area (Å²) in [5, 5.41) is 5.31. The van der Waals surface area contributed by atoms with E-state index in [2.05, 4.69) is 30.6 Å². The Hall–Kier alpha value is -0.540. The minimum absolute atomic E-state index is 0.0478. The van der Waals surface area contributed by atoms with E-state index in [0.717, 1.165) is 25.7 Å². The Morgan fingerprint density at radius 2 is 2.37 bits per heavy atom. The highest BCUT2D eigenvalue weighted by molar-refractivity contribution is 7.10. The van der Waals surface area contributed by atoms with Crippen molar-refractivity contribution in [2.75, 3.05) is 5.88 Å². The highest BCUT2D eigenvalue weighted by atomic mass is 35.5. The number of hydrogen-bond donors (Lipinski definition) is 1. The van der Waals surface area contributed by atoms with E-state index >= 15 is 0 Å². The van der Waals surface area contributed by atoms with Crippen molar-refractivity contribution in [3.63, 3.8) is 0 Å². The second-order valence-corrected chi connectivity index (χ2v) is 6.96. The molecule has 2 unspecified atom stereocenters. The largest absolute Gasteiger partial charge is 0.353 e. The van der Waals surface area contributed by atoms with Crippen molar-refractivity contribution in [3.05, 3.63) is 21.9 Å². The second-order valence-electron chi connectivity index (χ2n) is 5.58. The molecular weight excluding hydrogens is 278 g/mol. The summed E-state index contributed by atoms with van der Waals surface area (Å²) in [5.74, 6) is 1.25. The number of rotatable bonds is 5. The Kier molecular flexibility index (Phi) is 5.28. The fourth-order valence-electron chi connectivity index (χ4n) is 2.73. The van der Waals surface area contributed by atoms with E-state index in [0.29, 0.717) is 11.8 Å². The summed E-state index contributed by atoms with van der Waals surface area (Å²) in [4.78, 5) is 13.9.